The van der Waals surface area contributed by atoms with Crippen LogP contribution in [0.25, 0.3) is 0 Å². The maximum Gasteiger partial charge on any atom is 0.407 e. The van der Waals surface area contributed by atoms with E-state index in [4.69, 9.17) is 16.7 Å². The molecule has 1 aromatic heterocycles. The van der Waals surface area contributed by atoms with E-state index in [2.05, 4.69) is 4.98 Å². The first kappa shape index (κ1) is 20.4. The number of carboxylic acids is 1. The molecular formula is C15H18ClFN2O6S. The molecule has 1 unspecified atom stereocenters. The van der Waals surface area contributed by atoms with Gasteiger partial charge in [0, 0.05) is 25.3 Å². The fraction of sp³-hybridized carbons (Fsp3) is 0.533. The van der Waals surface area contributed by atoms with Crippen LogP contribution >= 0.6 is 11.6 Å². The summed E-state index contributed by atoms with van der Waals surface area (Å²) in [7, 11) is -3.92. The molecule has 2 rings (SSSR count). The highest BCUT2D eigenvalue weighted by atomic mass is 35.5. The average molecular weight is 409 g/mol. The fourth-order valence-electron chi connectivity index (χ4n) is 3.28. The smallest absolute Gasteiger partial charge is 0.407 e. The summed E-state index contributed by atoms with van der Waals surface area (Å²) in [6, 6.07) is 0.271. The Bertz CT molecular complexity index is 862. The van der Waals surface area contributed by atoms with Crippen molar-refractivity contribution in [3.63, 3.8) is 0 Å². The van der Waals surface area contributed by atoms with Gasteiger partial charge in [0.25, 0.3) is 0 Å². The SMILES string of the molecule is C[C@@H]1CC(Cc2nc(Cl)cc(S(C)(=O)=O)c2F)(C(=O)O)CCN1C(=O)O. The molecule has 0 bridgehead atoms. The van der Waals surface area contributed by atoms with Gasteiger partial charge in [0.1, 0.15) is 10.0 Å². The van der Waals surface area contributed by atoms with Gasteiger partial charge >= 0.3 is 12.1 Å². The number of hydrogen-bond donors (Lipinski definition) is 2. The average Bonchev–Trinajstić information content (AvgIpc) is 2.49. The number of sulfone groups is 1. The minimum Gasteiger partial charge on any atom is -0.481 e. The van der Waals surface area contributed by atoms with E-state index in [0.717, 1.165) is 17.2 Å². The Morgan fingerprint density at radius 1 is 1.46 bits per heavy atom. The second kappa shape index (κ2) is 6.99. The fourth-order valence-corrected chi connectivity index (χ4v) is 4.32. The highest BCUT2D eigenvalue weighted by molar-refractivity contribution is 7.90. The summed E-state index contributed by atoms with van der Waals surface area (Å²) >= 11 is 5.79. The van der Waals surface area contributed by atoms with Gasteiger partial charge in [-0.1, -0.05) is 11.6 Å². The van der Waals surface area contributed by atoms with E-state index in [-0.39, 0.29) is 30.2 Å². The number of aliphatic carboxylic acids is 1. The normalized spacial score (nSPS) is 23.7. The lowest BCUT2D eigenvalue weighted by Crippen LogP contribution is -2.51. The molecule has 11 heteroatoms. The van der Waals surface area contributed by atoms with Crippen LogP contribution in [0.2, 0.25) is 5.15 Å². The number of aromatic nitrogens is 1. The summed E-state index contributed by atoms with van der Waals surface area (Å²) in [6.07, 6.45) is -0.860. The zero-order valence-electron chi connectivity index (χ0n) is 14.1. The van der Waals surface area contributed by atoms with Crippen LogP contribution in [0.3, 0.4) is 0 Å². The number of likely N-dealkylation sites (tertiary alicyclic amines) is 1. The Balaban J connectivity index is 2.46. The Labute approximate surface area is 154 Å². The van der Waals surface area contributed by atoms with Gasteiger partial charge in [0.15, 0.2) is 15.7 Å². The van der Waals surface area contributed by atoms with Crippen molar-refractivity contribution in [2.45, 2.75) is 37.1 Å². The van der Waals surface area contributed by atoms with E-state index >= 15 is 0 Å². The number of halogens is 2. The molecule has 2 heterocycles. The molecule has 0 saturated carbocycles. The molecule has 1 saturated heterocycles. The molecule has 1 aromatic rings. The first-order valence-corrected chi connectivity index (χ1v) is 9.92. The van der Waals surface area contributed by atoms with E-state index in [9.17, 15) is 27.5 Å². The van der Waals surface area contributed by atoms with E-state index in [1.54, 1.807) is 6.92 Å². The minimum absolute atomic E-state index is 0.0378. The number of piperidine rings is 1. The lowest BCUT2D eigenvalue weighted by molar-refractivity contribution is -0.153. The third-order valence-corrected chi connectivity index (χ3v) is 5.91. The van der Waals surface area contributed by atoms with Gasteiger partial charge in [0.2, 0.25) is 0 Å². The van der Waals surface area contributed by atoms with Crippen LogP contribution in [0.5, 0.6) is 0 Å². The van der Waals surface area contributed by atoms with Crippen LogP contribution in [-0.4, -0.2) is 59.4 Å². The molecule has 0 aromatic carbocycles. The maximum absolute atomic E-state index is 14.6. The maximum atomic E-state index is 14.6. The van der Waals surface area contributed by atoms with Gasteiger partial charge in [-0.3, -0.25) is 4.79 Å². The van der Waals surface area contributed by atoms with Crippen LogP contribution in [0.4, 0.5) is 9.18 Å². The number of hydrogen-bond acceptors (Lipinski definition) is 5. The minimum atomic E-state index is -3.92. The predicted octanol–water partition coefficient (Wildman–Crippen LogP) is 2.05. The van der Waals surface area contributed by atoms with Crippen LogP contribution in [0.15, 0.2) is 11.0 Å². The predicted molar refractivity (Wildman–Crippen MR) is 89.5 cm³/mol. The zero-order valence-corrected chi connectivity index (χ0v) is 15.6. The quantitative estimate of drug-likeness (QED) is 0.730. The Kier molecular flexibility index (Phi) is 5.48. The molecule has 1 aliphatic rings. The summed E-state index contributed by atoms with van der Waals surface area (Å²) in [5.74, 6) is -2.36. The van der Waals surface area contributed by atoms with Crippen LogP contribution in [0, 0.1) is 11.2 Å². The third kappa shape index (κ3) is 3.90. The Hall–Kier alpha value is -1.94. The van der Waals surface area contributed by atoms with Gasteiger partial charge in [-0.25, -0.2) is 22.6 Å². The number of rotatable bonds is 4. The van der Waals surface area contributed by atoms with E-state index < -0.39 is 50.5 Å². The van der Waals surface area contributed by atoms with Crippen molar-refractivity contribution in [2.75, 3.05) is 12.8 Å². The number of carboxylic acid groups (broad SMARTS) is 2. The summed E-state index contributed by atoms with van der Waals surface area (Å²) in [5, 5.41) is 18.6. The van der Waals surface area contributed by atoms with E-state index in [1.165, 1.54) is 0 Å². The van der Waals surface area contributed by atoms with E-state index in [1.807, 2.05) is 0 Å². The highest BCUT2D eigenvalue weighted by Gasteiger charge is 2.46. The first-order valence-electron chi connectivity index (χ1n) is 7.65. The van der Waals surface area contributed by atoms with Crippen molar-refractivity contribution in [3.8, 4) is 0 Å². The zero-order chi connectivity index (χ0) is 19.9. The van der Waals surface area contributed by atoms with Crippen molar-refractivity contribution in [1.29, 1.82) is 0 Å². The lowest BCUT2D eigenvalue weighted by Gasteiger charge is -2.41. The molecule has 0 aliphatic carbocycles. The second-order valence-corrected chi connectivity index (χ2v) is 8.89. The largest absolute Gasteiger partial charge is 0.481 e. The summed E-state index contributed by atoms with van der Waals surface area (Å²) in [5.41, 5.74) is -1.84. The monoisotopic (exact) mass is 408 g/mol. The number of pyridine rings is 1. The van der Waals surface area contributed by atoms with Gasteiger partial charge in [-0.2, -0.15) is 0 Å². The van der Waals surface area contributed by atoms with Crippen LogP contribution < -0.4 is 0 Å². The molecule has 1 amide bonds. The van der Waals surface area contributed by atoms with Gasteiger partial charge in [-0.15, -0.1) is 0 Å². The number of carbonyl (C=O) groups is 2. The molecule has 2 atom stereocenters. The topological polar surface area (TPSA) is 125 Å². The van der Waals surface area contributed by atoms with Crippen molar-refractivity contribution in [2.24, 2.45) is 5.41 Å². The molecule has 1 fully saturated rings. The summed E-state index contributed by atoms with van der Waals surface area (Å²) in [6.45, 7) is 1.53. The molecule has 26 heavy (non-hydrogen) atoms. The van der Waals surface area contributed by atoms with Crippen LogP contribution in [0.1, 0.15) is 25.5 Å². The number of nitrogens with zero attached hydrogens (tertiary/aromatic N) is 2. The highest BCUT2D eigenvalue weighted by Crippen LogP contribution is 2.39. The van der Waals surface area contributed by atoms with Gasteiger partial charge < -0.3 is 15.1 Å². The molecule has 0 spiro atoms. The molecular weight excluding hydrogens is 391 g/mol. The van der Waals surface area contributed by atoms with Gasteiger partial charge in [-0.05, 0) is 25.8 Å². The third-order valence-electron chi connectivity index (χ3n) is 4.62. The van der Waals surface area contributed by atoms with Crippen molar-refractivity contribution >= 4 is 33.5 Å². The standard InChI is InChI=1S/C15H18ClFN2O6S/c1-8-6-15(13(20)21,3-4-19(8)14(22)23)7-9-12(17)10(26(2,24)25)5-11(16)18-9/h5,8H,3-4,6-7H2,1-2H3,(H,20,21)(H,22,23)/t8-,15?/m1/s1. The Morgan fingerprint density at radius 2 is 2.08 bits per heavy atom. The lowest BCUT2D eigenvalue weighted by atomic mass is 9.72. The molecule has 144 valence electrons. The molecule has 0 radical (unpaired) electrons. The van der Waals surface area contributed by atoms with Gasteiger partial charge in [0.05, 0.1) is 11.1 Å². The first-order chi connectivity index (χ1) is 11.9. The summed E-state index contributed by atoms with van der Waals surface area (Å²) in [4.78, 5) is 27.3. The number of amides is 1. The van der Waals surface area contributed by atoms with Crippen molar-refractivity contribution in [3.05, 3.63) is 22.7 Å². The van der Waals surface area contributed by atoms with Crippen molar-refractivity contribution < 1.29 is 32.6 Å². The van der Waals surface area contributed by atoms with E-state index in [0.29, 0.717) is 0 Å². The van der Waals surface area contributed by atoms with Crippen molar-refractivity contribution in [1.82, 2.24) is 9.88 Å². The summed E-state index contributed by atoms with van der Waals surface area (Å²) < 4.78 is 38.1. The Morgan fingerprint density at radius 3 is 2.54 bits per heavy atom. The molecule has 8 nitrogen and oxygen atoms in total. The molecule has 1 aliphatic heterocycles. The molecule has 2 N–H and O–H groups in total. The second-order valence-electron chi connectivity index (χ2n) is 6.52. The van der Waals surface area contributed by atoms with Crippen LogP contribution in [-0.2, 0) is 21.1 Å².